The second-order valence-corrected chi connectivity index (χ2v) is 4.89. The molecule has 0 aliphatic carbocycles. The van der Waals surface area contributed by atoms with E-state index in [1.54, 1.807) is 31.3 Å². The van der Waals surface area contributed by atoms with Crippen molar-refractivity contribution in [1.82, 2.24) is 15.0 Å². The fourth-order valence-electron chi connectivity index (χ4n) is 1.99. The van der Waals surface area contributed by atoms with E-state index >= 15 is 0 Å². The van der Waals surface area contributed by atoms with Gasteiger partial charge < -0.3 is 19.9 Å². The first-order chi connectivity index (χ1) is 10.5. The molecule has 1 unspecified atom stereocenters. The summed E-state index contributed by atoms with van der Waals surface area (Å²) in [5, 5.41) is 3.86. The van der Waals surface area contributed by atoms with E-state index in [-0.39, 0.29) is 31.0 Å². The lowest BCUT2D eigenvalue weighted by atomic mass is 10.1. The molecule has 1 aromatic carbocycles. The Morgan fingerprint density at radius 3 is 2.78 bits per heavy atom. The molecule has 2 aromatic rings. The first-order valence-electron chi connectivity index (χ1n) is 7.07. The summed E-state index contributed by atoms with van der Waals surface area (Å²) < 4.78 is 10.5. The maximum absolute atomic E-state index is 12.3. The van der Waals surface area contributed by atoms with Gasteiger partial charge in [0.15, 0.2) is 5.82 Å². The van der Waals surface area contributed by atoms with E-state index in [4.69, 9.17) is 15.0 Å². The van der Waals surface area contributed by atoms with E-state index in [2.05, 4.69) is 10.1 Å². The van der Waals surface area contributed by atoms with Crippen molar-refractivity contribution in [3.63, 3.8) is 0 Å². The fraction of sp³-hybridized carbons (Fsp3) is 0.400. The lowest BCUT2D eigenvalue weighted by Gasteiger charge is -2.15. The highest BCUT2D eigenvalue weighted by molar-refractivity contribution is 5.98. The number of amides is 1. The summed E-state index contributed by atoms with van der Waals surface area (Å²) in [7, 11) is 1.66. The molecule has 0 aliphatic rings. The molecule has 0 saturated heterocycles. The monoisotopic (exact) mass is 340 g/mol. The van der Waals surface area contributed by atoms with Gasteiger partial charge in [0.25, 0.3) is 5.91 Å². The molecule has 0 bridgehead atoms. The van der Waals surface area contributed by atoms with Crippen LogP contribution in [0.25, 0.3) is 0 Å². The van der Waals surface area contributed by atoms with Gasteiger partial charge in [0.1, 0.15) is 6.10 Å². The molecule has 126 valence electrons. The van der Waals surface area contributed by atoms with Gasteiger partial charge in [-0.2, -0.15) is 4.98 Å². The van der Waals surface area contributed by atoms with Crippen LogP contribution in [0.1, 0.15) is 42.0 Å². The minimum absolute atomic E-state index is 0. The Labute approximate surface area is 141 Å². The Hall–Kier alpha value is -2.12. The smallest absolute Gasteiger partial charge is 0.256 e. The second kappa shape index (κ2) is 8.50. The van der Waals surface area contributed by atoms with Crippen molar-refractivity contribution in [3.8, 4) is 0 Å². The number of ether oxygens (including phenoxy) is 1. The maximum Gasteiger partial charge on any atom is 0.256 e. The Morgan fingerprint density at radius 2 is 2.13 bits per heavy atom. The average molecular weight is 341 g/mol. The summed E-state index contributed by atoms with van der Waals surface area (Å²) in [5.41, 5.74) is 6.71. The Kier molecular flexibility index (Phi) is 6.99. The van der Waals surface area contributed by atoms with Crippen molar-refractivity contribution in [2.45, 2.75) is 26.5 Å². The molecule has 1 heterocycles. The number of para-hydroxylation sites is 1. The van der Waals surface area contributed by atoms with Gasteiger partial charge in [-0.15, -0.1) is 12.4 Å². The van der Waals surface area contributed by atoms with Gasteiger partial charge in [-0.1, -0.05) is 17.3 Å². The average Bonchev–Trinajstić information content (AvgIpc) is 2.96. The number of nitrogens with zero attached hydrogens (tertiary/aromatic N) is 3. The van der Waals surface area contributed by atoms with Gasteiger partial charge >= 0.3 is 0 Å². The molecule has 23 heavy (non-hydrogen) atoms. The van der Waals surface area contributed by atoms with Crippen molar-refractivity contribution < 1.29 is 14.1 Å². The third-order valence-corrected chi connectivity index (χ3v) is 3.17. The molecule has 1 aromatic heterocycles. The van der Waals surface area contributed by atoms with E-state index in [9.17, 15) is 4.79 Å². The van der Waals surface area contributed by atoms with Crippen LogP contribution in [-0.4, -0.2) is 34.6 Å². The number of rotatable bonds is 6. The van der Waals surface area contributed by atoms with Crippen molar-refractivity contribution in [2.75, 3.05) is 19.4 Å². The van der Waals surface area contributed by atoms with Crippen LogP contribution >= 0.6 is 12.4 Å². The Bertz CT molecular complexity index is 647. The highest BCUT2D eigenvalue weighted by Gasteiger charge is 2.19. The zero-order valence-electron chi connectivity index (χ0n) is 13.4. The number of hydrogen-bond acceptors (Lipinski definition) is 6. The first kappa shape index (κ1) is 18.9. The molecule has 0 aliphatic heterocycles. The largest absolute Gasteiger partial charge is 0.398 e. The fourth-order valence-corrected chi connectivity index (χ4v) is 1.99. The standard InChI is InChI=1S/C15H20N4O3.ClH/c1-4-21-10(2)14-17-13(22-18-14)9-19(3)15(20)11-7-5-6-8-12(11)16;/h5-8,10H,4,9,16H2,1-3H3;1H. The summed E-state index contributed by atoms with van der Waals surface area (Å²) in [4.78, 5) is 18.1. The maximum atomic E-state index is 12.3. The summed E-state index contributed by atoms with van der Waals surface area (Å²) >= 11 is 0. The third kappa shape index (κ3) is 4.67. The molecular formula is C15H21ClN4O3. The van der Waals surface area contributed by atoms with E-state index in [1.807, 2.05) is 13.8 Å². The number of nitrogens with two attached hydrogens (primary N) is 1. The van der Waals surface area contributed by atoms with Crippen LogP contribution in [0.2, 0.25) is 0 Å². The number of aromatic nitrogens is 2. The number of halogens is 1. The summed E-state index contributed by atoms with van der Waals surface area (Å²) in [5.74, 6) is 0.625. The van der Waals surface area contributed by atoms with Gasteiger partial charge in [-0.05, 0) is 26.0 Å². The van der Waals surface area contributed by atoms with E-state index in [0.29, 0.717) is 29.6 Å². The molecule has 2 rings (SSSR count). The number of anilines is 1. The van der Waals surface area contributed by atoms with Crippen molar-refractivity contribution in [2.24, 2.45) is 0 Å². The minimum atomic E-state index is -0.242. The number of carbonyl (C=O) groups is 1. The summed E-state index contributed by atoms with van der Waals surface area (Å²) in [6.45, 7) is 4.52. The lowest BCUT2D eigenvalue weighted by molar-refractivity contribution is 0.0682. The van der Waals surface area contributed by atoms with E-state index < -0.39 is 0 Å². The second-order valence-electron chi connectivity index (χ2n) is 4.89. The van der Waals surface area contributed by atoms with Crippen LogP contribution < -0.4 is 5.73 Å². The number of benzene rings is 1. The van der Waals surface area contributed by atoms with Crippen molar-refractivity contribution in [1.29, 1.82) is 0 Å². The molecule has 1 amide bonds. The van der Waals surface area contributed by atoms with Gasteiger partial charge in [0, 0.05) is 19.3 Å². The van der Waals surface area contributed by atoms with Crippen LogP contribution in [0.15, 0.2) is 28.8 Å². The predicted molar refractivity (Wildman–Crippen MR) is 88.2 cm³/mol. The van der Waals surface area contributed by atoms with Gasteiger partial charge in [-0.25, -0.2) is 0 Å². The molecule has 0 spiro atoms. The third-order valence-electron chi connectivity index (χ3n) is 3.17. The van der Waals surface area contributed by atoms with E-state index in [0.717, 1.165) is 0 Å². The van der Waals surface area contributed by atoms with Crippen molar-refractivity contribution >= 4 is 24.0 Å². The highest BCUT2D eigenvalue weighted by atomic mass is 35.5. The van der Waals surface area contributed by atoms with Crippen LogP contribution in [0.3, 0.4) is 0 Å². The number of nitrogen functional groups attached to an aromatic ring is 1. The van der Waals surface area contributed by atoms with Crippen LogP contribution in [0, 0.1) is 0 Å². The van der Waals surface area contributed by atoms with Crippen LogP contribution in [0.5, 0.6) is 0 Å². The van der Waals surface area contributed by atoms with Gasteiger partial charge in [0.05, 0.1) is 12.1 Å². The highest BCUT2D eigenvalue weighted by Crippen LogP contribution is 2.16. The molecule has 8 heteroatoms. The molecule has 1 atom stereocenters. The number of carbonyl (C=O) groups excluding carboxylic acids is 1. The van der Waals surface area contributed by atoms with Crippen molar-refractivity contribution in [3.05, 3.63) is 41.5 Å². The Balaban J connectivity index is 0.00000264. The molecular weight excluding hydrogens is 320 g/mol. The predicted octanol–water partition coefficient (Wildman–Crippen LogP) is 2.44. The molecule has 2 N–H and O–H groups in total. The Morgan fingerprint density at radius 1 is 1.43 bits per heavy atom. The molecule has 0 saturated carbocycles. The molecule has 7 nitrogen and oxygen atoms in total. The zero-order valence-corrected chi connectivity index (χ0v) is 14.2. The summed E-state index contributed by atoms with van der Waals surface area (Å²) in [6.07, 6.45) is -0.242. The molecule has 0 radical (unpaired) electrons. The topological polar surface area (TPSA) is 94.5 Å². The SMILES string of the molecule is CCOC(C)c1noc(CN(C)C(=O)c2ccccc2N)n1.Cl. The summed E-state index contributed by atoms with van der Waals surface area (Å²) in [6, 6.07) is 6.93. The van der Waals surface area contributed by atoms with E-state index in [1.165, 1.54) is 4.90 Å². The normalized spacial score (nSPS) is 11.6. The van der Waals surface area contributed by atoms with Gasteiger partial charge in [-0.3, -0.25) is 4.79 Å². The lowest BCUT2D eigenvalue weighted by Crippen LogP contribution is -2.27. The quantitative estimate of drug-likeness (QED) is 0.811. The molecule has 0 fully saturated rings. The van der Waals surface area contributed by atoms with Gasteiger partial charge in [0.2, 0.25) is 5.89 Å². The number of hydrogen-bond donors (Lipinski definition) is 1. The minimum Gasteiger partial charge on any atom is -0.398 e. The van der Waals surface area contributed by atoms with Crippen LogP contribution in [-0.2, 0) is 11.3 Å². The van der Waals surface area contributed by atoms with Crippen LogP contribution in [0.4, 0.5) is 5.69 Å². The first-order valence-corrected chi connectivity index (χ1v) is 7.07. The zero-order chi connectivity index (χ0) is 16.1.